The van der Waals surface area contributed by atoms with E-state index in [-0.39, 0.29) is 6.04 Å². The van der Waals surface area contributed by atoms with E-state index in [2.05, 4.69) is 34.5 Å². The Kier molecular flexibility index (Phi) is 4.76. The van der Waals surface area contributed by atoms with Gasteiger partial charge in [-0.2, -0.15) is 0 Å². The van der Waals surface area contributed by atoms with Gasteiger partial charge in [-0.1, -0.05) is 18.2 Å². The number of piperazine rings is 1. The van der Waals surface area contributed by atoms with Crippen LogP contribution in [0.5, 0.6) is 17.2 Å². The summed E-state index contributed by atoms with van der Waals surface area (Å²) in [5.74, 6) is 2.56. The van der Waals surface area contributed by atoms with Gasteiger partial charge in [0.2, 0.25) is 0 Å². The van der Waals surface area contributed by atoms with Crippen LogP contribution < -0.4 is 19.5 Å². The summed E-state index contributed by atoms with van der Waals surface area (Å²) in [4.78, 5) is 2.52. The lowest BCUT2D eigenvalue weighted by atomic mass is 9.96. The number of nitrogens with zero attached hydrogens (tertiary/aromatic N) is 1. The fourth-order valence-electron chi connectivity index (χ4n) is 3.57. The molecular formula is C20H24N2O3. The molecular weight excluding hydrogens is 316 g/mol. The van der Waals surface area contributed by atoms with Gasteiger partial charge in [-0.25, -0.2) is 0 Å². The highest BCUT2D eigenvalue weighted by Crippen LogP contribution is 2.37. The van der Waals surface area contributed by atoms with Crippen molar-refractivity contribution in [1.82, 2.24) is 10.2 Å². The van der Waals surface area contributed by atoms with Gasteiger partial charge in [0.1, 0.15) is 19.0 Å². The van der Waals surface area contributed by atoms with E-state index < -0.39 is 0 Å². The second-order valence-corrected chi connectivity index (χ2v) is 6.36. The predicted octanol–water partition coefficient (Wildman–Crippen LogP) is 2.46. The van der Waals surface area contributed by atoms with E-state index in [0.717, 1.165) is 43.4 Å². The van der Waals surface area contributed by atoms with Gasteiger partial charge in [-0.05, 0) is 35.4 Å². The normalized spacial score (nSPS) is 18.6. The van der Waals surface area contributed by atoms with E-state index >= 15 is 0 Å². The Bertz CT molecular complexity index is 711. The Morgan fingerprint density at radius 3 is 2.32 bits per heavy atom. The van der Waals surface area contributed by atoms with Gasteiger partial charge in [0.05, 0.1) is 13.2 Å². The van der Waals surface area contributed by atoms with Crippen LogP contribution in [0.15, 0.2) is 42.5 Å². The summed E-state index contributed by atoms with van der Waals surface area (Å²) in [6.07, 6.45) is 0. The van der Waals surface area contributed by atoms with Crippen LogP contribution in [0.25, 0.3) is 0 Å². The molecule has 1 fully saturated rings. The number of ether oxygens (including phenoxy) is 3. The molecule has 4 rings (SSSR count). The molecule has 25 heavy (non-hydrogen) atoms. The molecule has 2 aliphatic heterocycles. The molecule has 0 amide bonds. The van der Waals surface area contributed by atoms with Gasteiger partial charge >= 0.3 is 0 Å². The van der Waals surface area contributed by atoms with Gasteiger partial charge in [0, 0.05) is 26.2 Å². The zero-order valence-corrected chi connectivity index (χ0v) is 14.5. The third-order valence-corrected chi connectivity index (χ3v) is 4.83. The minimum absolute atomic E-state index is 0.198. The standard InChI is InChI=1S/C20H24N2O3/c1-23-17-5-2-15(3-6-17)20(22-10-8-21-9-11-22)16-4-7-18-19(14-16)25-13-12-24-18/h2-7,14,20-21H,8-13H2,1H3. The van der Waals surface area contributed by atoms with Crippen LogP contribution in [0.3, 0.4) is 0 Å². The summed E-state index contributed by atoms with van der Waals surface area (Å²) in [5, 5.41) is 3.43. The molecule has 0 spiro atoms. The van der Waals surface area contributed by atoms with E-state index in [0.29, 0.717) is 13.2 Å². The largest absolute Gasteiger partial charge is 0.497 e. The Morgan fingerprint density at radius 2 is 1.60 bits per heavy atom. The van der Waals surface area contributed by atoms with Crippen LogP contribution in [-0.4, -0.2) is 51.4 Å². The predicted molar refractivity (Wildman–Crippen MR) is 96.7 cm³/mol. The first-order chi connectivity index (χ1) is 12.3. The second-order valence-electron chi connectivity index (χ2n) is 6.36. The lowest BCUT2D eigenvalue weighted by Crippen LogP contribution is -2.45. The molecule has 1 atom stereocenters. The molecule has 5 nitrogen and oxygen atoms in total. The van der Waals surface area contributed by atoms with Crippen molar-refractivity contribution in [1.29, 1.82) is 0 Å². The molecule has 0 radical (unpaired) electrons. The molecule has 0 bridgehead atoms. The average Bonchev–Trinajstić information content (AvgIpc) is 2.69. The molecule has 1 unspecified atom stereocenters. The lowest BCUT2D eigenvalue weighted by Gasteiger charge is -2.36. The molecule has 0 aliphatic carbocycles. The zero-order chi connectivity index (χ0) is 17.1. The zero-order valence-electron chi connectivity index (χ0n) is 14.5. The Labute approximate surface area is 148 Å². The van der Waals surface area contributed by atoms with E-state index in [1.807, 2.05) is 18.2 Å². The molecule has 5 heteroatoms. The van der Waals surface area contributed by atoms with Gasteiger partial charge in [0.25, 0.3) is 0 Å². The lowest BCUT2D eigenvalue weighted by molar-refractivity contribution is 0.169. The highest BCUT2D eigenvalue weighted by Gasteiger charge is 2.25. The third kappa shape index (κ3) is 3.43. The van der Waals surface area contributed by atoms with Crippen LogP contribution in [0.1, 0.15) is 17.2 Å². The van der Waals surface area contributed by atoms with Crippen LogP contribution in [0.2, 0.25) is 0 Å². The minimum Gasteiger partial charge on any atom is -0.497 e. The van der Waals surface area contributed by atoms with Gasteiger partial charge in [0.15, 0.2) is 11.5 Å². The quantitative estimate of drug-likeness (QED) is 0.926. The Hall–Kier alpha value is -2.24. The first-order valence-corrected chi connectivity index (χ1v) is 8.83. The highest BCUT2D eigenvalue weighted by atomic mass is 16.6. The van der Waals surface area contributed by atoms with Crippen molar-refractivity contribution in [3.63, 3.8) is 0 Å². The number of rotatable bonds is 4. The first kappa shape index (κ1) is 16.2. The Balaban J connectivity index is 1.71. The van der Waals surface area contributed by atoms with E-state index in [4.69, 9.17) is 14.2 Å². The highest BCUT2D eigenvalue weighted by molar-refractivity contribution is 5.47. The molecule has 2 heterocycles. The molecule has 2 aliphatic rings. The van der Waals surface area contributed by atoms with Crippen molar-refractivity contribution in [3.05, 3.63) is 53.6 Å². The third-order valence-electron chi connectivity index (χ3n) is 4.83. The maximum absolute atomic E-state index is 5.80. The molecule has 1 saturated heterocycles. The number of fused-ring (bicyclic) bond motifs is 1. The van der Waals surface area contributed by atoms with Crippen molar-refractivity contribution in [2.75, 3.05) is 46.5 Å². The summed E-state index contributed by atoms with van der Waals surface area (Å²) < 4.78 is 16.8. The summed E-state index contributed by atoms with van der Waals surface area (Å²) >= 11 is 0. The number of hydrogen-bond donors (Lipinski definition) is 1. The van der Waals surface area contributed by atoms with Crippen LogP contribution in [0, 0.1) is 0 Å². The van der Waals surface area contributed by atoms with Gasteiger partial charge < -0.3 is 19.5 Å². The summed E-state index contributed by atoms with van der Waals surface area (Å²) in [7, 11) is 1.70. The molecule has 1 N–H and O–H groups in total. The van der Waals surface area contributed by atoms with E-state index in [1.165, 1.54) is 11.1 Å². The number of benzene rings is 2. The molecule has 2 aromatic carbocycles. The van der Waals surface area contributed by atoms with E-state index in [9.17, 15) is 0 Å². The Morgan fingerprint density at radius 1 is 0.920 bits per heavy atom. The van der Waals surface area contributed by atoms with Crippen molar-refractivity contribution < 1.29 is 14.2 Å². The minimum atomic E-state index is 0.198. The van der Waals surface area contributed by atoms with Gasteiger partial charge in [-0.15, -0.1) is 0 Å². The topological polar surface area (TPSA) is 43.0 Å². The first-order valence-electron chi connectivity index (χ1n) is 8.83. The van der Waals surface area contributed by atoms with Gasteiger partial charge in [-0.3, -0.25) is 4.90 Å². The monoisotopic (exact) mass is 340 g/mol. The molecule has 0 aromatic heterocycles. The van der Waals surface area contributed by atoms with Crippen molar-refractivity contribution in [2.45, 2.75) is 6.04 Å². The SMILES string of the molecule is COc1ccc(C(c2ccc3c(c2)OCCO3)N2CCNCC2)cc1. The van der Waals surface area contributed by atoms with Crippen molar-refractivity contribution >= 4 is 0 Å². The summed E-state index contributed by atoms with van der Waals surface area (Å²) in [5.41, 5.74) is 2.50. The number of nitrogens with one attached hydrogen (secondary N) is 1. The van der Waals surface area contributed by atoms with Crippen LogP contribution >= 0.6 is 0 Å². The maximum Gasteiger partial charge on any atom is 0.161 e. The van der Waals surface area contributed by atoms with Crippen LogP contribution in [0.4, 0.5) is 0 Å². The van der Waals surface area contributed by atoms with E-state index in [1.54, 1.807) is 7.11 Å². The van der Waals surface area contributed by atoms with Crippen molar-refractivity contribution in [2.24, 2.45) is 0 Å². The molecule has 132 valence electrons. The smallest absolute Gasteiger partial charge is 0.161 e. The maximum atomic E-state index is 5.80. The van der Waals surface area contributed by atoms with Crippen LogP contribution in [-0.2, 0) is 0 Å². The molecule has 0 saturated carbocycles. The number of hydrogen-bond acceptors (Lipinski definition) is 5. The summed E-state index contributed by atoms with van der Waals surface area (Å²) in [6, 6.07) is 14.9. The summed E-state index contributed by atoms with van der Waals surface area (Å²) in [6.45, 7) is 5.29. The second kappa shape index (κ2) is 7.33. The molecule has 2 aromatic rings. The van der Waals surface area contributed by atoms with Crippen molar-refractivity contribution in [3.8, 4) is 17.2 Å². The average molecular weight is 340 g/mol. The fourth-order valence-corrected chi connectivity index (χ4v) is 3.57. The number of methoxy groups -OCH3 is 1. The fraction of sp³-hybridized carbons (Fsp3) is 0.400.